The number of nitrogens with zero attached hydrogens (tertiary/aromatic N) is 2. The number of carbonyl (C=O) groups is 1. The molecule has 2 atom stereocenters. The van der Waals surface area contributed by atoms with E-state index >= 15 is 0 Å². The lowest BCUT2D eigenvalue weighted by molar-refractivity contribution is -0.101. The number of carbonyl (C=O) groups excluding carboxylic acids is 1. The van der Waals surface area contributed by atoms with Crippen LogP contribution >= 0.6 is 11.3 Å². The summed E-state index contributed by atoms with van der Waals surface area (Å²) in [5, 5.41) is 13.5. The van der Waals surface area contributed by atoms with Crippen molar-refractivity contribution in [3.05, 3.63) is 77.3 Å². The molecule has 31 heavy (non-hydrogen) atoms. The number of cyclic esters (lactones) is 1. The van der Waals surface area contributed by atoms with Gasteiger partial charge in [0.1, 0.15) is 10.6 Å². The fraction of sp³-hybridized carbons (Fsp3) is 0.360. The Labute approximate surface area is 187 Å². The molecule has 1 saturated heterocycles. The predicted octanol–water partition coefficient (Wildman–Crippen LogP) is 5.77. The second kappa shape index (κ2) is 8.44. The molecule has 0 spiro atoms. The van der Waals surface area contributed by atoms with Gasteiger partial charge >= 0.3 is 6.09 Å². The summed E-state index contributed by atoms with van der Waals surface area (Å²) in [5.41, 5.74) is 1.25. The maximum Gasteiger partial charge on any atom is 0.411 e. The van der Waals surface area contributed by atoms with Crippen LogP contribution in [0.15, 0.2) is 66.2 Å². The van der Waals surface area contributed by atoms with Crippen LogP contribution in [-0.4, -0.2) is 33.2 Å². The maximum atomic E-state index is 13.2. The quantitative estimate of drug-likeness (QED) is 0.533. The largest absolute Gasteiger partial charge is 0.438 e. The Morgan fingerprint density at radius 3 is 2.48 bits per heavy atom. The van der Waals surface area contributed by atoms with Crippen molar-refractivity contribution < 1.29 is 14.6 Å². The number of hydrogen-bond donors (Lipinski definition) is 1. The van der Waals surface area contributed by atoms with Crippen LogP contribution in [0.2, 0.25) is 0 Å². The van der Waals surface area contributed by atoms with Crippen molar-refractivity contribution >= 4 is 17.4 Å². The van der Waals surface area contributed by atoms with E-state index in [0.29, 0.717) is 19.4 Å². The molecule has 1 aliphatic heterocycles. The van der Waals surface area contributed by atoms with Crippen LogP contribution in [0.3, 0.4) is 0 Å². The van der Waals surface area contributed by atoms with Gasteiger partial charge in [0.25, 0.3) is 0 Å². The number of ether oxygens (including phenoxy) is 1. The summed E-state index contributed by atoms with van der Waals surface area (Å²) in [5.74, 6) is 0. The van der Waals surface area contributed by atoms with Gasteiger partial charge in [-0.15, -0.1) is 11.3 Å². The van der Waals surface area contributed by atoms with Crippen LogP contribution in [0.25, 0.3) is 10.6 Å². The van der Waals surface area contributed by atoms with Crippen molar-refractivity contribution in [2.24, 2.45) is 0 Å². The molecule has 1 fully saturated rings. The molecule has 4 rings (SSSR count). The Balaban J connectivity index is 1.54. The zero-order chi connectivity index (χ0) is 22.1. The van der Waals surface area contributed by atoms with Crippen LogP contribution in [0.5, 0.6) is 0 Å². The third-order valence-electron chi connectivity index (χ3n) is 5.83. The number of benzene rings is 2. The van der Waals surface area contributed by atoms with Gasteiger partial charge in [-0.3, -0.25) is 0 Å². The maximum absolute atomic E-state index is 13.2. The molecule has 6 heteroatoms. The summed E-state index contributed by atoms with van der Waals surface area (Å²) in [6, 6.07) is 17.8. The topological polar surface area (TPSA) is 62.7 Å². The number of aliphatic hydroxyl groups is 1. The van der Waals surface area contributed by atoms with Crippen LogP contribution < -0.4 is 0 Å². The van der Waals surface area contributed by atoms with Crippen molar-refractivity contribution in [1.29, 1.82) is 0 Å². The van der Waals surface area contributed by atoms with Crippen LogP contribution in [0.1, 0.15) is 50.8 Å². The lowest BCUT2D eigenvalue weighted by Crippen LogP contribution is -2.51. The van der Waals surface area contributed by atoms with Gasteiger partial charge in [-0.2, -0.15) is 0 Å². The number of aromatic nitrogens is 1. The average Bonchev–Trinajstić information content (AvgIpc) is 3.28. The van der Waals surface area contributed by atoms with Crippen molar-refractivity contribution in [1.82, 2.24) is 9.88 Å². The lowest BCUT2D eigenvalue weighted by Gasteiger charge is -2.45. The van der Waals surface area contributed by atoms with Crippen molar-refractivity contribution in [2.75, 3.05) is 6.54 Å². The molecular weight excluding hydrogens is 408 g/mol. The van der Waals surface area contributed by atoms with Crippen molar-refractivity contribution in [3.63, 3.8) is 0 Å². The number of thiazole rings is 1. The number of amides is 1. The summed E-state index contributed by atoms with van der Waals surface area (Å²) in [6.07, 6.45) is 2.41. The first-order chi connectivity index (χ1) is 14.8. The number of hydrogen-bond acceptors (Lipinski definition) is 5. The van der Waals surface area contributed by atoms with E-state index in [2.05, 4.69) is 4.98 Å². The molecule has 3 aromatic rings. The molecular formula is C25H28N2O3S. The highest BCUT2D eigenvalue weighted by molar-refractivity contribution is 7.13. The third kappa shape index (κ3) is 4.65. The van der Waals surface area contributed by atoms with Gasteiger partial charge in [-0.05, 0) is 31.9 Å². The first kappa shape index (κ1) is 21.5. The van der Waals surface area contributed by atoms with Gasteiger partial charge < -0.3 is 14.7 Å². The average molecular weight is 437 g/mol. The predicted molar refractivity (Wildman–Crippen MR) is 123 cm³/mol. The fourth-order valence-corrected chi connectivity index (χ4v) is 4.99. The van der Waals surface area contributed by atoms with Gasteiger partial charge in [0.15, 0.2) is 0 Å². The van der Waals surface area contributed by atoms with Gasteiger partial charge in [-0.1, -0.05) is 54.6 Å². The molecule has 0 saturated carbocycles. The van der Waals surface area contributed by atoms with Crippen LogP contribution in [-0.2, 0) is 10.3 Å². The monoisotopic (exact) mass is 436 g/mol. The minimum absolute atomic E-state index is 0.117. The smallest absolute Gasteiger partial charge is 0.411 e. The van der Waals surface area contributed by atoms with E-state index in [-0.39, 0.29) is 12.1 Å². The third-order valence-corrected chi connectivity index (χ3v) is 6.65. The highest BCUT2D eigenvalue weighted by atomic mass is 32.1. The molecule has 2 aromatic carbocycles. The summed E-state index contributed by atoms with van der Waals surface area (Å²) in [6.45, 7) is 6.08. The second-order valence-corrected chi connectivity index (χ2v) is 9.69. The Morgan fingerprint density at radius 2 is 1.90 bits per heavy atom. The first-order valence-electron chi connectivity index (χ1n) is 10.5. The van der Waals surface area contributed by atoms with E-state index in [4.69, 9.17) is 4.74 Å². The fourth-order valence-electron chi connectivity index (χ4n) is 4.34. The molecule has 0 bridgehead atoms. The first-order valence-corrected chi connectivity index (χ1v) is 11.4. The standard InChI is InChI=1S/C25H28N2O3S/c1-18(19-9-11-20(12-10-19)22-26-14-16-31-22)27-15-13-25(30-23(27)28,17-24(2,3)29)21-7-5-4-6-8-21/h4-12,14,16,18,29H,13,15,17H2,1-3H3/t18-,25?/m0/s1. The summed E-state index contributed by atoms with van der Waals surface area (Å²) < 4.78 is 6.09. The SMILES string of the molecule is C[C@@H](c1ccc(-c2nccs2)cc1)N1CCC(CC(C)(C)O)(c2ccccc2)OC1=O. The zero-order valence-corrected chi connectivity index (χ0v) is 18.9. The Hall–Kier alpha value is -2.70. The van der Waals surface area contributed by atoms with E-state index in [9.17, 15) is 9.90 Å². The summed E-state index contributed by atoms with van der Waals surface area (Å²) in [7, 11) is 0. The molecule has 1 aliphatic rings. The normalized spacial score (nSPS) is 20.4. The molecule has 0 aliphatic carbocycles. The molecule has 1 N–H and O–H groups in total. The van der Waals surface area contributed by atoms with Gasteiger partial charge in [0.05, 0.1) is 11.6 Å². The lowest BCUT2D eigenvalue weighted by atomic mass is 9.80. The second-order valence-electron chi connectivity index (χ2n) is 8.80. The molecule has 0 radical (unpaired) electrons. The zero-order valence-electron chi connectivity index (χ0n) is 18.1. The Morgan fingerprint density at radius 1 is 1.19 bits per heavy atom. The Bertz CT molecular complexity index is 1010. The molecule has 1 amide bonds. The molecule has 5 nitrogen and oxygen atoms in total. The van der Waals surface area contributed by atoms with Crippen LogP contribution in [0.4, 0.5) is 4.79 Å². The minimum atomic E-state index is -0.963. The van der Waals surface area contributed by atoms with E-state index < -0.39 is 11.2 Å². The van der Waals surface area contributed by atoms with Gasteiger partial charge in [0.2, 0.25) is 0 Å². The number of rotatable bonds is 6. The van der Waals surface area contributed by atoms with Crippen molar-refractivity contribution in [2.45, 2.75) is 50.9 Å². The summed E-state index contributed by atoms with van der Waals surface area (Å²) in [4.78, 5) is 19.3. The van der Waals surface area contributed by atoms with Gasteiger partial charge in [-0.25, -0.2) is 9.78 Å². The molecule has 1 aromatic heterocycles. The Kier molecular flexibility index (Phi) is 5.86. The van der Waals surface area contributed by atoms with Crippen LogP contribution in [0, 0.1) is 0 Å². The molecule has 162 valence electrons. The van der Waals surface area contributed by atoms with Gasteiger partial charge in [0, 0.05) is 36.5 Å². The molecule has 2 heterocycles. The van der Waals surface area contributed by atoms with E-state index in [1.165, 1.54) is 0 Å². The van der Waals surface area contributed by atoms with Crippen molar-refractivity contribution in [3.8, 4) is 10.6 Å². The van der Waals surface area contributed by atoms with E-state index in [1.807, 2.05) is 66.9 Å². The highest BCUT2D eigenvalue weighted by Crippen LogP contribution is 2.42. The summed E-state index contributed by atoms with van der Waals surface area (Å²) >= 11 is 1.60. The van der Waals surface area contributed by atoms with E-state index in [0.717, 1.165) is 21.7 Å². The highest BCUT2D eigenvalue weighted by Gasteiger charge is 2.46. The van der Waals surface area contributed by atoms with E-state index in [1.54, 1.807) is 36.3 Å². The minimum Gasteiger partial charge on any atom is -0.438 e. The molecule has 1 unspecified atom stereocenters.